The second-order valence-electron chi connectivity index (χ2n) is 6.68. The summed E-state index contributed by atoms with van der Waals surface area (Å²) in [7, 11) is 0. The third-order valence-electron chi connectivity index (χ3n) is 4.30. The minimum absolute atomic E-state index is 0.154. The lowest BCUT2D eigenvalue weighted by Crippen LogP contribution is -2.32. The molecule has 4 heteroatoms. The summed E-state index contributed by atoms with van der Waals surface area (Å²) < 4.78 is 0. The molecular weight excluding hydrogens is 262 g/mol. The van der Waals surface area contributed by atoms with Crippen LogP contribution in [-0.2, 0) is 0 Å². The minimum Gasteiger partial charge on any atom is -0.397 e. The number of hydrogen-bond donors (Lipinski definition) is 2. The van der Waals surface area contributed by atoms with Gasteiger partial charge in [0.25, 0.3) is 5.91 Å². The van der Waals surface area contributed by atoms with Gasteiger partial charge in [-0.25, -0.2) is 4.98 Å². The van der Waals surface area contributed by atoms with Gasteiger partial charge in [-0.3, -0.25) is 4.79 Å². The number of amides is 1. The molecule has 0 aliphatic heterocycles. The number of rotatable bonds is 5. The molecule has 0 saturated heterocycles. The fraction of sp³-hybridized carbons (Fsp3) is 0.647. The fourth-order valence-corrected chi connectivity index (χ4v) is 3.40. The number of anilines is 1. The number of aromatic nitrogens is 1. The second-order valence-corrected chi connectivity index (χ2v) is 6.68. The summed E-state index contributed by atoms with van der Waals surface area (Å²) in [5.74, 6) is 2.02. The highest BCUT2D eigenvalue weighted by Gasteiger charge is 2.23. The van der Waals surface area contributed by atoms with Crippen molar-refractivity contribution in [2.75, 3.05) is 12.3 Å². The summed E-state index contributed by atoms with van der Waals surface area (Å²) in [6.07, 6.45) is 7.98. The summed E-state index contributed by atoms with van der Waals surface area (Å²) in [6, 6.07) is 3.45. The number of nitrogen functional groups attached to an aromatic ring is 1. The third kappa shape index (κ3) is 4.73. The van der Waals surface area contributed by atoms with E-state index >= 15 is 0 Å². The van der Waals surface area contributed by atoms with Gasteiger partial charge in [-0.05, 0) is 49.1 Å². The van der Waals surface area contributed by atoms with E-state index in [1.165, 1.54) is 32.1 Å². The number of carbonyl (C=O) groups is 1. The molecule has 1 amide bonds. The molecule has 1 aromatic heterocycles. The van der Waals surface area contributed by atoms with E-state index < -0.39 is 0 Å². The molecule has 1 aromatic rings. The van der Waals surface area contributed by atoms with E-state index in [-0.39, 0.29) is 5.91 Å². The van der Waals surface area contributed by atoms with Crippen LogP contribution in [0.3, 0.4) is 0 Å². The molecule has 21 heavy (non-hydrogen) atoms. The van der Waals surface area contributed by atoms with Crippen molar-refractivity contribution in [2.24, 2.45) is 17.8 Å². The Morgan fingerprint density at radius 1 is 1.43 bits per heavy atom. The topological polar surface area (TPSA) is 68.0 Å². The Kier molecular flexibility index (Phi) is 5.59. The highest BCUT2D eigenvalue weighted by atomic mass is 16.1. The van der Waals surface area contributed by atoms with E-state index in [1.807, 2.05) is 0 Å². The highest BCUT2D eigenvalue weighted by molar-refractivity contribution is 5.96. The van der Waals surface area contributed by atoms with Gasteiger partial charge in [0.1, 0.15) is 0 Å². The van der Waals surface area contributed by atoms with Crippen LogP contribution in [0.15, 0.2) is 18.3 Å². The smallest absolute Gasteiger partial charge is 0.272 e. The quantitative estimate of drug-likeness (QED) is 0.874. The summed E-state index contributed by atoms with van der Waals surface area (Å²) in [6.45, 7) is 5.31. The van der Waals surface area contributed by atoms with Crippen LogP contribution in [0.2, 0.25) is 0 Å². The van der Waals surface area contributed by atoms with Gasteiger partial charge in [-0.2, -0.15) is 0 Å². The molecule has 4 nitrogen and oxygen atoms in total. The van der Waals surface area contributed by atoms with Crippen molar-refractivity contribution in [1.82, 2.24) is 10.3 Å². The van der Waals surface area contributed by atoms with Gasteiger partial charge in [-0.15, -0.1) is 0 Å². The standard InChI is InChI=1S/C17H27N3O/c1-12(2)9-13-5-3-6-14(10-13)11-20-17(21)16-15(18)7-4-8-19-16/h4,7-8,12-14H,3,5-6,9-11,18H2,1-2H3,(H,20,21). The van der Waals surface area contributed by atoms with E-state index in [9.17, 15) is 4.79 Å². The SMILES string of the molecule is CC(C)CC1CCCC(CNC(=O)c2ncccc2N)C1. The molecule has 0 bridgehead atoms. The monoisotopic (exact) mass is 289 g/mol. The van der Waals surface area contributed by atoms with Crippen molar-refractivity contribution in [1.29, 1.82) is 0 Å². The number of nitrogens with one attached hydrogen (secondary N) is 1. The summed E-state index contributed by atoms with van der Waals surface area (Å²) >= 11 is 0. The van der Waals surface area contributed by atoms with Crippen LogP contribution in [0.5, 0.6) is 0 Å². The lowest BCUT2D eigenvalue weighted by atomic mass is 9.78. The first-order chi connectivity index (χ1) is 10.1. The van der Waals surface area contributed by atoms with E-state index in [1.54, 1.807) is 18.3 Å². The van der Waals surface area contributed by atoms with Gasteiger partial charge in [0.15, 0.2) is 5.69 Å². The zero-order valence-corrected chi connectivity index (χ0v) is 13.1. The molecule has 0 aromatic carbocycles. The second kappa shape index (κ2) is 7.43. The lowest BCUT2D eigenvalue weighted by Gasteiger charge is -2.30. The Balaban J connectivity index is 1.82. The zero-order valence-electron chi connectivity index (χ0n) is 13.1. The number of carbonyl (C=O) groups excluding carboxylic acids is 1. The van der Waals surface area contributed by atoms with Crippen LogP contribution < -0.4 is 11.1 Å². The van der Waals surface area contributed by atoms with Gasteiger partial charge in [-0.1, -0.05) is 26.7 Å². The van der Waals surface area contributed by atoms with Gasteiger partial charge in [0.2, 0.25) is 0 Å². The Morgan fingerprint density at radius 2 is 2.19 bits per heavy atom. The van der Waals surface area contributed by atoms with Crippen LogP contribution in [0.25, 0.3) is 0 Å². The van der Waals surface area contributed by atoms with Crippen molar-refractivity contribution >= 4 is 11.6 Å². The minimum atomic E-state index is -0.154. The molecule has 1 aliphatic rings. The highest BCUT2D eigenvalue weighted by Crippen LogP contribution is 2.32. The van der Waals surface area contributed by atoms with Crippen LogP contribution in [0, 0.1) is 17.8 Å². The Bertz CT molecular complexity index is 473. The third-order valence-corrected chi connectivity index (χ3v) is 4.30. The van der Waals surface area contributed by atoms with Crippen LogP contribution >= 0.6 is 0 Å². The first-order valence-electron chi connectivity index (χ1n) is 8.05. The number of pyridine rings is 1. The van der Waals surface area contributed by atoms with Crippen LogP contribution in [0.1, 0.15) is 56.4 Å². The number of nitrogens with two attached hydrogens (primary N) is 1. The molecule has 2 unspecified atom stereocenters. The first kappa shape index (κ1) is 15.8. The molecule has 1 saturated carbocycles. The molecule has 3 N–H and O–H groups in total. The average Bonchev–Trinajstić information content (AvgIpc) is 2.45. The van der Waals surface area contributed by atoms with Crippen LogP contribution in [0.4, 0.5) is 5.69 Å². The maximum atomic E-state index is 12.1. The van der Waals surface area contributed by atoms with Crippen molar-refractivity contribution in [3.05, 3.63) is 24.0 Å². The van der Waals surface area contributed by atoms with Gasteiger partial charge >= 0.3 is 0 Å². The maximum absolute atomic E-state index is 12.1. The van der Waals surface area contributed by atoms with E-state index in [0.29, 0.717) is 17.3 Å². The predicted molar refractivity (Wildman–Crippen MR) is 85.9 cm³/mol. The van der Waals surface area contributed by atoms with Crippen molar-refractivity contribution < 1.29 is 4.79 Å². The van der Waals surface area contributed by atoms with E-state index in [2.05, 4.69) is 24.1 Å². The molecule has 1 aliphatic carbocycles. The van der Waals surface area contributed by atoms with Crippen molar-refractivity contribution in [3.63, 3.8) is 0 Å². The molecule has 2 rings (SSSR count). The molecule has 0 radical (unpaired) electrons. The predicted octanol–water partition coefficient (Wildman–Crippen LogP) is 3.25. The van der Waals surface area contributed by atoms with Crippen LogP contribution in [-0.4, -0.2) is 17.4 Å². The molecule has 0 spiro atoms. The number of nitrogens with zero attached hydrogens (tertiary/aromatic N) is 1. The normalized spacial score (nSPS) is 22.2. The summed E-state index contributed by atoms with van der Waals surface area (Å²) in [5.41, 5.74) is 6.56. The van der Waals surface area contributed by atoms with Gasteiger partial charge in [0.05, 0.1) is 5.69 Å². The molecule has 2 atom stereocenters. The molecule has 116 valence electrons. The largest absolute Gasteiger partial charge is 0.397 e. The molecular formula is C17H27N3O. The average molecular weight is 289 g/mol. The Morgan fingerprint density at radius 3 is 2.90 bits per heavy atom. The molecule has 1 fully saturated rings. The van der Waals surface area contributed by atoms with Gasteiger partial charge in [0, 0.05) is 12.7 Å². The van der Waals surface area contributed by atoms with E-state index in [0.717, 1.165) is 18.4 Å². The lowest BCUT2D eigenvalue weighted by molar-refractivity contribution is 0.0934. The zero-order chi connectivity index (χ0) is 15.2. The number of hydrogen-bond acceptors (Lipinski definition) is 3. The van der Waals surface area contributed by atoms with E-state index in [4.69, 9.17) is 5.73 Å². The van der Waals surface area contributed by atoms with Crippen molar-refractivity contribution in [3.8, 4) is 0 Å². The van der Waals surface area contributed by atoms with Crippen molar-refractivity contribution in [2.45, 2.75) is 46.0 Å². The maximum Gasteiger partial charge on any atom is 0.272 e. The Labute approximate surface area is 127 Å². The fourth-order valence-electron chi connectivity index (χ4n) is 3.40. The first-order valence-corrected chi connectivity index (χ1v) is 8.05. The van der Waals surface area contributed by atoms with Gasteiger partial charge < -0.3 is 11.1 Å². The summed E-state index contributed by atoms with van der Waals surface area (Å²) in [5, 5.41) is 3.00. The Hall–Kier alpha value is -1.58. The summed E-state index contributed by atoms with van der Waals surface area (Å²) in [4.78, 5) is 16.2. The molecule has 1 heterocycles.